The molecule has 0 saturated heterocycles. The maximum absolute atomic E-state index is 13.2. The van der Waals surface area contributed by atoms with Crippen molar-refractivity contribution >= 4 is 28.4 Å². The Hall–Kier alpha value is -3.93. The molecule has 1 aromatic heterocycles. The van der Waals surface area contributed by atoms with Crippen molar-refractivity contribution in [2.45, 2.75) is 39.0 Å². The third-order valence-corrected chi connectivity index (χ3v) is 6.68. The Bertz CT molecular complexity index is 1420. The molecule has 0 radical (unpaired) electrons. The number of nitrogens with one attached hydrogen (secondary N) is 2. The number of aromatic nitrogens is 1. The van der Waals surface area contributed by atoms with E-state index in [1.165, 1.54) is 35.5 Å². The zero-order valence-corrected chi connectivity index (χ0v) is 19.0. The maximum Gasteiger partial charge on any atom is 0.255 e. The zero-order valence-electron chi connectivity index (χ0n) is 19.0. The molecule has 3 aromatic carbocycles. The van der Waals surface area contributed by atoms with Crippen molar-refractivity contribution < 1.29 is 14.0 Å². The van der Waals surface area contributed by atoms with Crippen LogP contribution in [0.15, 0.2) is 54.6 Å². The number of amides is 2. The molecule has 5 rings (SSSR count). The quantitative estimate of drug-likeness (QED) is 0.374. The topological polar surface area (TPSA) is 88.0 Å². The van der Waals surface area contributed by atoms with E-state index in [9.17, 15) is 14.0 Å². The number of H-pyrrole nitrogens is 1. The summed E-state index contributed by atoms with van der Waals surface area (Å²) in [5, 5.41) is 4.10. The van der Waals surface area contributed by atoms with Crippen LogP contribution in [0.5, 0.6) is 0 Å². The molecule has 34 heavy (non-hydrogen) atoms. The van der Waals surface area contributed by atoms with Gasteiger partial charge in [-0.15, -0.1) is 0 Å². The van der Waals surface area contributed by atoms with Gasteiger partial charge in [0.15, 0.2) is 0 Å². The van der Waals surface area contributed by atoms with Gasteiger partial charge in [-0.2, -0.15) is 0 Å². The molecule has 5 nitrogen and oxygen atoms in total. The molecule has 172 valence electrons. The van der Waals surface area contributed by atoms with Crippen molar-refractivity contribution in [1.29, 1.82) is 0 Å². The first-order valence-corrected chi connectivity index (χ1v) is 11.5. The third kappa shape index (κ3) is 3.96. The average molecular weight is 456 g/mol. The number of primary amides is 1. The summed E-state index contributed by atoms with van der Waals surface area (Å²) in [6.07, 6.45) is 4.44. The van der Waals surface area contributed by atoms with Gasteiger partial charge in [-0.05, 0) is 90.8 Å². The number of rotatable bonds is 5. The molecule has 0 saturated carbocycles. The Labute approximate surface area is 197 Å². The lowest BCUT2D eigenvalue weighted by molar-refractivity contribution is -0.117. The smallest absolute Gasteiger partial charge is 0.255 e. The minimum atomic E-state index is -0.381. The second-order valence-electron chi connectivity index (χ2n) is 8.89. The average Bonchev–Trinajstić information content (AvgIpc) is 3.21. The maximum atomic E-state index is 13.2. The molecule has 0 spiro atoms. The number of nitrogens with two attached hydrogens (primary N) is 1. The summed E-state index contributed by atoms with van der Waals surface area (Å²) < 4.78 is 13.2. The highest BCUT2D eigenvalue weighted by molar-refractivity contribution is 6.06. The van der Waals surface area contributed by atoms with Crippen LogP contribution in [0.1, 0.15) is 45.6 Å². The van der Waals surface area contributed by atoms with Gasteiger partial charge in [0.2, 0.25) is 5.91 Å². The van der Waals surface area contributed by atoms with E-state index in [1.54, 1.807) is 0 Å². The van der Waals surface area contributed by atoms with Gasteiger partial charge in [-0.1, -0.05) is 24.3 Å². The van der Waals surface area contributed by atoms with Gasteiger partial charge >= 0.3 is 0 Å². The van der Waals surface area contributed by atoms with Crippen LogP contribution in [0.2, 0.25) is 0 Å². The summed E-state index contributed by atoms with van der Waals surface area (Å²) in [4.78, 5) is 28.0. The number of aromatic amines is 1. The Morgan fingerprint density at radius 3 is 2.53 bits per heavy atom. The normalized spacial score (nSPS) is 13.0. The van der Waals surface area contributed by atoms with E-state index in [4.69, 9.17) is 5.73 Å². The number of carbonyl (C=O) groups is 2. The fraction of sp³-hybridized carbons (Fsp3) is 0.214. The third-order valence-electron chi connectivity index (χ3n) is 6.68. The molecule has 0 bridgehead atoms. The molecule has 1 aliphatic carbocycles. The lowest BCUT2D eigenvalue weighted by atomic mass is 9.89. The monoisotopic (exact) mass is 455 g/mol. The number of anilines is 1. The number of hydrogen-bond acceptors (Lipinski definition) is 2. The summed E-state index contributed by atoms with van der Waals surface area (Å²) in [5.74, 6) is -1.03. The van der Waals surface area contributed by atoms with E-state index >= 15 is 0 Å². The van der Waals surface area contributed by atoms with Crippen LogP contribution in [0.3, 0.4) is 0 Å². The van der Waals surface area contributed by atoms with E-state index < -0.39 is 0 Å². The molecule has 4 N–H and O–H groups in total. The van der Waals surface area contributed by atoms with Crippen molar-refractivity contribution in [1.82, 2.24) is 4.98 Å². The lowest BCUT2D eigenvalue weighted by Gasteiger charge is -2.16. The molecule has 1 aliphatic rings. The first kappa shape index (κ1) is 21.9. The molecule has 0 aliphatic heterocycles. The molecule has 2 amide bonds. The lowest BCUT2D eigenvalue weighted by Crippen LogP contribution is -2.14. The van der Waals surface area contributed by atoms with Crippen LogP contribution in [-0.4, -0.2) is 16.8 Å². The summed E-state index contributed by atoms with van der Waals surface area (Å²) in [5.41, 5.74) is 14.1. The largest absolute Gasteiger partial charge is 0.369 e. The van der Waals surface area contributed by atoms with Gasteiger partial charge in [0, 0.05) is 22.3 Å². The predicted molar refractivity (Wildman–Crippen MR) is 132 cm³/mol. The molecule has 6 heteroatoms. The van der Waals surface area contributed by atoms with Crippen LogP contribution in [-0.2, 0) is 24.1 Å². The summed E-state index contributed by atoms with van der Waals surface area (Å²) in [6.45, 7) is 1.98. The van der Waals surface area contributed by atoms with Crippen LogP contribution < -0.4 is 11.1 Å². The summed E-state index contributed by atoms with van der Waals surface area (Å²) in [6, 6.07) is 15.3. The molecular weight excluding hydrogens is 429 g/mol. The second kappa shape index (κ2) is 8.78. The van der Waals surface area contributed by atoms with Gasteiger partial charge in [-0.3, -0.25) is 9.59 Å². The fourth-order valence-corrected chi connectivity index (χ4v) is 4.99. The number of fused-ring (bicyclic) bond motifs is 3. The van der Waals surface area contributed by atoms with E-state index in [-0.39, 0.29) is 24.1 Å². The Morgan fingerprint density at radius 1 is 1.00 bits per heavy atom. The SMILES string of the molecule is Cc1c(NC(=O)c2ccc(F)cc2)cccc1-c1ccc(CC(N)=O)c2[nH]c3c(c12)CCCC3. The minimum absolute atomic E-state index is 0.183. The highest BCUT2D eigenvalue weighted by Gasteiger charge is 2.22. The fourth-order valence-electron chi connectivity index (χ4n) is 4.99. The van der Waals surface area contributed by atoms with Gasteiger partial charge < -0.3 is 16.0 Å². The summed E-state index contributed by atoms with van der Waals surface area (Å²) in [7, 11) is 0. The zero-order chi connectivity index (χ0) is 23.8. The number of halogens is 1. The van der Waals surface area contributed by atoms with E-state index in [0.29, 0.717) is 11.3 Å². The van der Waals surface area contributed by atoms with Gasteiger partial charge in [-0.25, -0.2) is 4.39 Å². The molecule has 1 heterocycles. The first-order chi connectivity index (χ1) is 16.4. The molecule has 0 atom stereocenters. The minimum Gasteiger partial charge on any atom is -0.369 e. The number of benzene rings is 3. The molecular formula is C28H26FN3O2. The van der Waals surface area contributed by atoms with Gasteiger partial charge in [0.1, 0.15) is 5.82 Å². The number of aryl methyl sites for hydroxylation is 2. The molecule has 4 aromatic rings. The van der Waals surface area contributed by atoms with Crippen LogP contribution >= 0.6 is 0 Å². The van der Waals surface area contributed by atoms with Crippen LogP contribution in [0, 0.1) is 12.7 Å². The highest BCUT2D eigenvalue weighted by atomic mass is 19.1. The standard InChI is InChI=1S/C28H26FN3O2/c1-16-20(6-4-8-23(16)32-28(34)17-9-12-19(29)13-10-17)21-14-11-18(15-25(30)33)27-26(21)22-5-2-3-7-24(22)31-27/h4,6,8-14,31H,2-3,5,7,15H2,1H3,(H2,30,33)(H,32,34). The van der Waals surface area contributed by atoms with Crippen molar-refractivity contribution in [2.75, 3.05) is 5.32 Å². The predicted octanol–water partition coefficient (Wildman–Crippen LogP) is 5.44. The second-order valence-corrected chi connectivity index (χ2v) is 8.89. The Balaban J connectivity index is 1.60. The van der Waals surface area contributed by atoms with Gasteiger partial charge in [0.05, 0.1) is 11.9 Å². The van der Waals surface area contributed by atoms with E-state index in [0.717, 1.165) is 58.8 Å². The van der Waals surface area contributed by atoms with Gasteiger partial charge in [0.25, 0.3) is 5.91 Å². The van der Waals surface area contributed by atoms with Crippen molar-refractivity contribution in [3.8, 4) is 11.1 Å². The van der Waals surface area contributed by atoms with E-state index in [2.05, 4.69) is 16.4 Å². The first-order valence-electron chi connectivity index (χ1n) is 11.5. The number of carbonyl (C=O) groups excluding carboxylic acids is 2. The van der Waals surface area contributed by atoms with Crippen molar-refractivity contribution in [3.63, 3.8) is 0 Å². The molecule has 0 fully saturated rings. The molecule has 0 unspecified atom stereocenters. The Kier molecular flexibility index (Phi) is 5.65. The highest BCUT2D eigenvalue weighted by Crippen LogP contribution is 2.40. The summed E-state index contributed by atoms with van der Waals surface area (Å²) >= 11 is 0. The van der Waals surface area contributed by atoms with Crippen molar-refractivity contribution in [3.05, 3.63) is 88.4 Å². The van der Waals surface area contributed by atoms with Crippen molar-refractivity contribution in [2.24, 2.45) is 5.73 Å². The Morgan fingerprint density at radius 2 is 1.76 bits per heavy atom. The van der Waals surface area contributed by atoms with E-state index in [1.807, 2.05) is 31.2 Å². The van der Waals surface area contributed by atoms with Crippen LogP contribution in [0.4, 0.5) is 10.1 Å². The van der Waals surface area contributed by atoms with Crippen LogP contribution in [0.25, 0.3) is 22.0 Å². The number of hydrogen-bond donors (Lipinski definition) is 3.